The zero-order chi connectivity index (χ0) is 13.5. The second-order valence-electron chi connectivity index (χ2n) is 3.36. The molecule has 0 bridgehead atoms. The predicted molar refractivity (Wildman–Crippen MR) is 61.6 cm³/mol. The lowest BCUT2D eigenvalue weighted by molar-refractivity contribution is -0.122. The zero-order valence-corrected chi connectivity index (χ0v) is 9.50. The van der Waals surface area contributed by atoms with Crippen molar-refractivity contribution in [3.05, 3.63) is 29.3 Å². The molecule has 0 aliphatic carbocycles. The topological polar surface area (TPSA) is 64.3 Å². The van der Waals surface area contributed by atoms with Crippen LogP contribution in [0.15, 0.2) is 12.1 Å². The Labute approximate surface area is 103 Å². The van der Waals surface area contributed by atoms with Gasteiger partial charge in [0.15, 0.2) is 24.0 Å². The molecule has 96 valence electrons. The van der Waals surface area contributed by atoms with Gasteiger partial charge >= 0.3 is 0 Å². The highest BCUT2D eigenvalue weighted by Crippen LogP contribution is 2.23. The van der Waals surface area contributed by atoms with E-state index in [1.165, 1.54) is 0 Å². The summed E-state index contributed by atoms with van der Waals surface area (Å²) in [5.41, 5.74) is 5.56. The number of carbonyl (C=O) groups is 1. The maximum Gasteiger partial charge on any atom is 0.258 e. The van der Waals surface area contributed by atoms with Gasteiger partial charge in [0.1, 0.15) is 0 Å². The van der Waals surface area contributed by atoms with Gasteiger partial charge in [0.05, 0.1) is 6.54 Å². The van der Waals surface area contributed by atoms with Crippen LogP contribution in [0.25, 0.3) is 0 Å². The summed E-state index contributed by atoms with van der Waals surface area (Å²) in [6.07, 6.45) is 4.93. The molecule has 1 amide bonds. The minimum absolute atomic E-state index is 0.0107. The molecule has 0 aliphatic rings. The van der Waals surface area contributed by atoms with E-state index in [4.69, 9.17) is 16.9 Å². The van der Waals surface area contributed by atoms with Crippen LogP contribution in [-0.2, 0) is 11.3 Å². The number of carbonyl (C=O) groups excluding carboxylic acids is 1. The monoisotopic (exact) mass is 254 g/mol. The number of ether oxygens (including phenoxy) is 1. The molecule has 0 aromatic heterocycles. The Kier molecular flexibility index (Phi) is 5.08. The van der Waals surface area contributed by atoms with Crippen LogP contribution in [0.3, 0.4) is 0 Å². The average Bonchev–Trinajstić information content (AvgIpc) is 2.34. The van der Waals surface area contributed by atoms with Crippen LogP contribution in [0.2, 0.25) is 0 Å². The summed E-state index contributed by atoms with van der Waals surface area (Å²) in [7, 11) is 0. The van der Waals surface area contributed by atoms with Gasteiger partial charge in [-0.2, -0.15) is 0 Å². The summed E-state index contributed by atoms with van der Waals surface area (Å²) in [6.45, 7) is -0.479. The second kappa shape index (κ2) is 6.57. The van der Waals surface area contributed by atoms with Crippen molar-refractivity contribution in [2.24, 2.45) is 5.73 Å². The first-order valence-corrected chi connectivity index (χ1v) is 5.09. The van der Waals surface area contributed by atoms with Crippen molar-refractivity contribution in [2.75, 3.05) is 13.2 Å². The number of hydrogen-bond donors (Lipinski definition) is 2. The van der Waals surface area contributed by atoms with Crippen LogP contribution in [0.4, 0.5) is 8.78 Å². The highest BCUT2D eigenvalue weighted by Gasteiger charge is 2.13. The van der Waals surface area contributed by atoms with E-state index in [1.807, 2.05) is 0 Å². The van der Waals surface area contributed by atoms with Crippen LogP contribution >= 0.6 is 0 Å². The molecule has 6 heteroatoms. The molecule has 0 fully saturated rings. The fraction of sp³-hybridized carbons (Fsp3) is 0.250. The quantitative estimate of drug-likeness (QED) is 0.754. The largest absolute Gasteiger partial charge is 0.478 e. The molecule has 0 saturated carbocycles. The third-order valence-electron chi connectivity index (χ3n) is 2.03. The predicted octanol–water partition coefficient (Wildman–Crippen LogP) is 0.552. The van der Waals surface area contributed by atoms with E-state index in [0.717, 1.165) is 12.1 Å². The van der Waals surface area contributed by atoms with Gasteiger partial charge in [-0.1, -0.05) is 5.92 Å². The van der Waals surface area contributed by atoms with Crippen molar-refractivity contribution < 1.29 is 18.3 Å². The standard InChI is InChI=1S/C12H12F2N2O2/c1-2-3-16-11(17)7-18-12-9(13)4-8(6-15)5-10(12)14/h1,4-5H,3,6-7,15H2,(H,16,17). The number of halogens is 2. The normalized spacial score (nSPS) is 9.67. The van der Waals surface area contributed by atoms with E-state index >= 15 is 0 Å². The third kappa shape index (κ3) is 3.71. The third-order valence-corrected chi connectivity index (χ3v) is 2.03. The Morgan fingerprint density at radius 3 is 2.56 bits per heavy atom. The summed E-state index contributed by atoms with van der Waals surface area (Å²) >= 11 is 0. The maximum absolute atomic E-state index is 13.4. The Hall–Kier alpha value is -2.13. The van der Waals surface area contributed by atoms with Gasteiger partial charge in [-0.25, -0.2) is 8.78 Å². The van der Waals surface area contributed by atoms with E-state index < -0.39 is 29.9 Å². The average molecular weight is 254 g/mol. The molecule has 0 spiro atoms. The molecule has 0 saturated heterocycles. The Morgan fingerprint density at radius 1 is 1.44 bits per heavy atom. The van der Waals surface area contributed by atoms with E-state index in [2.05, 4.69) is 11.2 Å². The molecule has 3 N–H and O–H groups in total. The molecule has 0 unspecified atom stereocenters. The number of amides is 1. The molecule has 4 nitrogen and oxygen atoms in total. The lowest BCUT2D eigenvalue weighted by Gasteiger charge is -2.09. The number of nitrogens with two attached hydrogens (primary N) is 1. The molecular weight excluding hydrogens is 242 g/mol. The Morgan fingerprint density at radius 2 is 2.06 bits per heavy atom. The fourth-order valence-corrected chi connectivity index (χ4v) is 1.21. The summed E-state index contributed by atoms with van der Waals surface area (Å²) < 4.78 is 31.6. The van der Waals surface area contributed by atoms with E-state index in [9.17, 15) is 13.6 Å². The zero-order valence-electron chi connectivity index (χ0n) is 9.50. The van der Waals surface area contributed by atoms with Crippen LogP contribution in [0.1, 0.15) is 5.56 Å². The van der Waals surface area contributed by atoms with Crippen LogP contribution < -0.4 is 15.8 Å². The molecule has 1 aromatic carbocycles. The van der Waals surface area contributed by atoms with Crippen molar-refractivity contribution in [3.63, 3.8) is 0 Å². The summed E-state index contributed by atoms with van der Waals surface area (Å²) in [4.78, 5) is 11.1. The lowest BCUT2D eigenvalue weighted by atomic mass is 10.2. The molecule has 0 atom stereocenters. The minimum atomic E-state index is -0.903. The highest BCUT2D eigenvalue weighted by atomic mass is 19.1. The first kappa shape index (κ1) is 13.9. The van der Waals surface area contributed by atoms with E-state index in [-0.39, 0.29) is 13.1 Å². The number of rotatable bonds is 5. The van der Waals surface area contributed by atoms with E-state index in [1.54, 1.807) is 0 Å². The van der Waals surface area contributed by atoms with Gasteiger partial charge in [-0.3, -0.25) is 4.79 Å². The van der Waals surface area contributed by atoms with Crippen molar-refractivity contribution >= 4 is 5.91 Å². The lowest BCUT2D eigenvalue weighted by Crippen LogP contribution is -2.29. The molecule has 0 heterocycles. The van der Waals surface area contributed by atoms with Crippen molar-refractivity contribution in [1.29, 1.82) is 0 Å². The SMILES string of the molecule is C#CCNC(=O)COc1c(F)cc(CN)cc1F. The van der Waals surface area contributed by atoms with E-state index in [0.29, 0.717) is 5.56 Å². The smallest absolute Gasteiger partial charge is 0.258 e. The second-order valence-corrected chi connectivity index (χ2v) is 3.36. The number of terminal acetylenes is 1. The van der Waals surface area contributed by atoms with Crippen LogP contribution in [-0.4, -0.2) is 19.1 Å². The molecule has 1 aromatic rings. The first-order valence-electron chi connectivity index (χ1n) is 5.09. The van der Waals surface area contributed by atoms with Gasteiger partial charge in [0, 0.05) is 6.54 Å². The summed E-state index contributed by atoms with van der Waals surface area (Å²) in [5, 5.41) is 2.30. The van der Waals surface area contributed by atoms with Gasteiger partial charge < -0.3 is 15.8 Å². The molecule has 1 rings (SSSR count). The van der Waals surface area contributed by atoms with Crippen LogP contribution in [0.5, 0.6) is 5.75 Å². The summed E-state index contributed by atoms with van der Waals surface area (Å²) in [6, 6.07) is 2.11. The number of nitrogens with one attached hydrogen (secondary N) is 1. The summed E-state index contributed by atoms with van der Waals surface area (Å²) in [5.74, 6) is -0.789. The highest BCUT2D eigenvalue weighted by molar-refractivity contribution is 5.77. The van der Waals surface area contributed by atoms with Gasteiger partial charge in [0.25, 0.3) is 5.91 Å². The van der Waals surface area contributed by atoms with Crippen molar-refractivity contribution in [1.82, 2.24) is 5.32 Å². The van der Waals surface area contributed by atoms with Gasteiger partial charge in [-0.05, 0) is 17.7 Å². The maximum atomic E-state index is 13.4. The van der Waals surface area contributed by atoms with Crippen LogP contribution in [0, 0.1) is 24.0 Å². The minimum Gasteiger partial charge on any atom is -0.478 e. The molecule has 0 aliphatic heterocycles. The Balaban J connectivity index is 2.68. The molecule has 0 radical (unpaired) electrons. The number of benzene rings is 1. The van der Waals surface area contributed by atoms with Crippen molar-refractivity contribution in [2.45, 2.75) is 6.54 Å². The van der Waals surface area contributed by atoms with Gasteiger partial charge in [-0.15, -0.1) is 6.42 Å². The fourth-order valence-electron chi connectivity index (χ4n) is 1.21. The molecular formula is C12H12F2N2O2. The Bertz CT molecular complexity index is 460. The molecule has 18 heavy (non-hydrogen) atoms. The first-order chi connectivity index (χ1) is 8.58. The van der Waals surface area contributed by atoms with Gasteiger partial charge in [0.2, 0.25) is 0 Å². The number of hydrogen-bond acceptors (Lipinski definition) is 3. The van der Waals surface area contributed by atoms with Crippen molar-refractivity contribution in [3.8, 4) is 18.1 Å².